The van der Waals surface area contributed by atoms with Crippen molar-refractivity contribution in [1.29, 1.82) is 0 Å². The first-order valence-corrected chi connectivity index (χ1v) is 11.0. The van der Waals surface area contributed by atoms with Crippen LogP contribution in [0.1, 0.15) is 32.1 Å². The van der Waals surface area contributed by atoms with Crippen molar-refractivity contribution in [2.45, 2.75) is 73.1 Å². The van der Waals surface area contributed by atoms with Gasteiger partial charge >= 0.3 is 12.4 Å². The highest BCUT2D eigenvalue weighted by molar-refractivity contribution is 9.09. The molecule has 5 N–H and O–H groups in total. The fourth-order valence-electron chi connectivity index (χ4n) is 4.54. The van der Waals surface area contributed by atoms with Crippen LogP contribution in [-0.2, 0) is 4.79 Å². The third kappa shape index (κ3) is 5.13. The van der Waals surface area contributed by atoms with Crippen LogP contribution in [-0.4, -0.2) is 76.7 Å². The summed E-state index contributed by atoms with van der Waals surface area (Å²) in [6.45, 7) is 2.34. The van der Waals surface area contributed by atoms with Crippen molar-refractivity contribution in [3.05, 3.63) is 0 Å². The molecule has 3 aliphatic rings. The smallest absolute Gasteiger partial charge is 0.373 e. The van der Waals surface area contributed by atoms with Gasteiger partial charge in [0.15, 0.2) is 0 Å². The third-order valence-electron chi connectivity index (χ3n) is 6.32. The van der Waals surface area contributed by atoms with Gasteiger partial charge in [-0.2, -0.15) is 26.3 Å². The van der Waals surface area contributed by atoms with Crippen molar-refractivity contribution in [2.75, 3.05) is 19.8 Å². The fourth-order valence-corrected chi connectivity index (χ4v) is 5.21. The molecule has 3 fully saturated rings. The molecular weight excluding hydrogens is 500 g/mol. The molecule has 1 saturated carbocycles. The highest BCUT2D eigenvalue weighted by Gasteiger charge is 2.75. The van der Waals surface area contributed by atoms with Crippen LogP contribution < -0.4 is 21.5 Å². The molecule has 31 heavy (non-hydrogen) atoms. The number of rotatable bonds is 4. The lowest BCUT2D eigenvalue weighted by Gasteiger charge is -2.46. The van der Waals surface area contributed by atoms with Gasteiger partial charge in [0.05, 0.1) is 6.17 Å². The van der Waals surface area contributed by atoms with Crippen LogP contribution in [0.25, 0.3) is 0 Å². The van der Waals surface area contributed by atoms with Gasteiger partial charge in [0, 0.05) is 36.5 Å². The molecule has 0 aromatic heterocycles. The number of halogens is 7. The minimum atomic E-state index is -5.94. The summed E-state index contributed by atoms with van der Waals surface area (Å²) in [7, 11) is 0. The number of hydrogen-bond acceptors (Lipinski definition) is 6. The number of nitrogens with one attached hydrogen (secondary N) is 4. The highest BCUT2D eigenvalue weighted by Crippen LogP contribution is 2.52. The monoisotopic (exact) mass is 525 g/mol. The first kappa shape index (κ1) is 25.0. The Labute approximate surface area is 183 Å². The molecule has 0 aromatic carbocycles. The van der Waals surface area contributed by atoms with Crippen molar-refractivity contribution in [3.8, 4) is 0 Å². The molecule has 0 aromatic rings. The minimum absolute atomic E-state index is 0.0313. The van der Waals surface area contributed by atoms with Crippen LogP contribution in [0.3, 0.4) is 0 Å². The van der Waals surface area contributed by atoms with Crippen LogP contribution in [0.5, 0.6) is 0 Å². The summed E-state index contributed by atoms with van der Waals surface area (Å²) in [6, 6.07) is -2.28. The van der Waals surface area contributed by atoms with Gasteiger partial charge in [-0.05, 0) is 32.1 Å². The molecule has 180 valence electrons. The topological polar surface area (TPSA) is 88.7 Å². The Morgan fingerprint density at radius 3 is 2.23 bits per heavy atom. The summed E-state index contributed by atoms with van der Waals surface area (Å²) in [4.78, 5) is 14.1. The van der Waals surface area contributed by atoms with Crippen molar-refractivity contribution >= 4 is 21.8 Å². The van der Waals surface area contributed by atoms with Gasteiger partial charge in [0.25, 0.3) is 5.60 Å². The predicted octanol–water partition coefficient (Wildman–Crippen LogP) is 1.34. The molecule has 1 aliphatic carbocycles. The number of hydrogen-bond donors (Lipinski definition) is 5. The average molecular weight is 526 g/mol. The maximum Gasteiger partial charge on any atom is 0.426 e. The Hall–Kier alpha value is -0.670. The van der Waals surface area contributed by atoms with E-state index >= 15 is 0 Å². The van der Waals surface area contributed by atoms with Crippen molar-refractivity contribution in [2.24, 2.45) is 5.92 Å². The summed E-state index contributed by atoms with van der Waals surface area (Å²) in [5.74, 6) is -2.96. The number of carbonyl (C=O) groups is 1. The molecule has 3 rings (SSSR count). The lowest BCUT2D eigenvalue weighted by atomic mass is 9.72. The van der Waals surface area contributed by atoms with Gasteiger partial charge in [-0.15, -0.1) is 0 Å². The summed E-state index contributed by atoms with van der Waals surface area (Å²) in [5.41, 5.74) is 0.875. The molecule has 2 saturated heterocycles. The number of hydrazine groups is 1. The Bertz CT molecular complexity index is 623. The zero-order valence-electron chi connectivity index (χ0n) is 16.5. The van der Waals surface area contributed by atoms with Gasteiger partial charge in [0.2, 0.25) is 5.91 Å². The van der Waals surface area contributed by atoms with Crippen molar-refractivity contribution in [1.82, 2.24) is 26.4 Å². The number of alkyl halides is 7. The Balaban J connectivity index is 1.69. The van der Waals surface area contributed by atoms with E-state index in [2.05, 4.69) is 42.3 Å². The number of amides is 1. The van der Waals surface area contributed by atoms with Gasteiger partial charge in [-0.3, -0.25) is 9.69 Å². The molecule has 2 heterocycles. The van der Waals surface area contributed by atoms with E-state index in [-0.39, 0.29) is 19.0 Å². The summed E-state index contributed by atoms with van der Waals surface area (Å²) in [6.07, 6.45) is -11.4. The van der Waals surface area contributed by atoms with Crippen LogP contribution in [0.2, 0.25) is 0 Å². The van der Waals surface area contributed by atoms with Crippen LogP contribution in [0.4, 0.5) is 26.3 Å². The average Bonchev–Trinajstić information content (AvgIpc) is 3.22. The zero-order chi connectivity index (χ0) is 23.0. The second kappa shape index (κ2) is 9.29. The van der Waals surface area contributed by atoms with Gasteiger partial charge in [0.1, 0.15) is 6.04 Å². The lowest BCUT2D eigenvalue weighted by molar-refractivity contribution is -0.388. The Kier molecular flexibility index (Phi) is 7.48. The second-order valence-corrected chi connectivity index (χ2v) is 9.59. The largest absolute Gasteiger partial charge is 0.426 e. The summed E-state index contributed by atoms with van der Waals surface area (Å²) < 4.78 is 80.6. The quantitative estimate of drug-likeness (QED) is 0.281. The van der Waals surface area contributed by atoms with E-state index in [0.717, 1.165) is 13.1 Å². The van der Waals surface area contributed by atoms with Crippen LogP contribution in [0.15, 0.2) is 0 Å². The van der Waals surface area contributed by atoms with Crippen LogP contribution in [0, 0.1) is 5.92 Å². The third-order valence-corrected chi connectivity index (χ3v) is 7.15. The van der Waals surface area contributed by atoms with E-state index < -0.39 is 53.1 Å². The Morgan fingerprint density at radius 2 is 1.71 bits per heavy atom. The first-order valence-electron chi connectivity index (χ1n) is 10.1. The maximum atomic E-state index is 13.4. The van der Waals surface area contributed by atoms with E-state index in [1.165, 1.54) is 0 Å². The number of carbonyl (C=O) groups excluding carboxylic acids is 1. The van der Waals surface area contributed by atoms with Gasteiger partial charge in [-0.1, -0.05) is 15.9 Å². The normalized spacial score (nSPS) is 34.0. The molecule has 14 heteroatoms. The van der Waals surface area contributed by atoms with E-state index in [9.17, 15) is 36.2 Å². The molecule has 0 radical (unpaired) electrons. The lowest BCUT2D eigenvalue weighted by Crippen LogP contribution is -2.68. The highest BCUT2D eigenvalue weighted by atomic mass is 79.9. The first-order chi connectivity index (χ1) is 14.3. The van der Waals surface area contributed by atoms with E-state index in [4.69, 9.17) is 0 Å². The molecular formula is C17H26BrF6N5O2. The minimum Gasteiger partial charge on any atom is -0.373 e. The summed E-state index contributed by atoms with van der Waals surface area (Å²) in [5, 5.41) is 15.4. The predicted molar refractivity (Wildman–Crippen MR) is 102 cm³/mol. The Morgan fingerprint density at radius 1 is 1.03 bits per heavy atom. The number of aliphatic hydroxyl groups is 1. The second-order valence-electron chi connectivity index (χ2n) is 8.30. The molecule has 0 bridgehead atoms. The van der Waals surface area contributed by atoms with Crippen molar-refractivity contribution in [3.63, 3.8) is 0 Å². The molecule has 5 unspecified atom stereocenters. The van der Waals surface area contributed by atoms with Gasteiger partial charge in [-0.25, -0.2) is 10.9 Å². The molecule has 5 atom stereocenters. The summed E-state index contributed by atoms with van der Waals surface area (Å²) >= 11 is 3.07. The van der Waals surface area contributed by atoms with E-state index in [0.29, 0.717) is 19.5 Å². The number of nitrogens with zero attached hydrogens (tertiary/aromatic N) is 1. The maximum absolute atomic E-state index is 13.4. The standard InChI is InChI=1S/C17H26BrF6N5O2/c18-9-1-2-11(10(7-9)15(31,16(19,20)21)17(22,23)24)26-14(30)12-3-4-13(28-27-12)29-6-5-25-8-29/h9-13,25,27-28,31H,1-8H2,(H,26,30). The van der Waals surface area contributed by atoms with Crippen LogP contribution >= 0.6 is 15.9 Å². The SMILES string of the molecule is O=C(NC1CCC(Br)CC1C(O)(C(F)(F)F)C(F)(F)F)C1CCC(N2CCNC2)NN1. The van der Waals surface area contributed by atoms with E-state index in [1.54, 1.807) is 0 Å². The molecule has 2 aliphatic heterocycles. The van der Waals surface area contributed by atoms with E-state index in [1.807, 2.05) is 0 Å². The molecule has 1 amide bonds. The van der Waals surface area contributed by atoms with Gasteiger partial charge < -0.3 is 15.7 Å². The molecule has 0 spiro atoms. The molecule has 7 nitrogen and oxygen atoms in total. The zero-order valence-corrected chi connectivity index (χ0v) is 18.1. The fraction of sp³-hybridized carbons (Fsp3) is 0.941. The van der Waals surface area contributed by atoms with Crippen molar-refractivity contribution < 1.29 is 36.2 Å².